The number of carbonyl (C=O) groups excluding carboxylic acids is 1. The van der Waals surface area contributed by atoms with E-state index in [0.717, 1.165) is 6.42 Å². The van der Waals surface area contributed by atoms with Crippen molar-refractivity contribution in [2.45, 2.75) is 26.4 Å². The van der Waals surface area contributed by atoms with Gasteiger partial charge in [-0.15, -0.1) is 0 Å². The van der Waals surface area contributed by atoms with Crippen molar-refractivity contribution in [1.82, 2.24) is 0 Å². The van der Waals surface area contributed by atoms with Crippen molar-refractivity contribution in [3.63, 3.8) is 0 Å². The molecule has 0 saturated carbocycles. The van der Waals surface area contributed by atoms with E-state index in [2.05, 4.69) is 5.32 Å². The van der Waals surface area contributed by atoms with Crippen LogP contribution in [0.5, 0.6) is 5.75 Å². The van der Waals surface area contributed by atoms with Crippen molar-refractivity contribution < 1.29 is 24.2 Å². The van der Waals surface area contributed by atoms with Crippen LogP contribution in [0.25, 0.3) is 0 Å². The minimum atomic E-state index is -1.05. The molecule has 1 rings (SSSR count). The second-order valence-corrected chi connectivity index (χ2v) is 4.30. The first-order valence-corrected chi connectivity index (χ1v) is 6.30. The molecule has 0 heterocycles. The monoisotopic (exact) mass is 281 g/mol. The molecular formula is C14H19NO5. The predicted octanol–water partition coefficient (Wildman–Crippen LogP) is 2.15. The summed E-state index contributed by atoms with van der Waals surface area (Å²) in [5.41, 5.74) is 0.506. The third kappa shape index (κ3) is 4.55. The summed E-state index contributed by atoms with van der Waals surface area (Å²) in [6.45, 7) is 3.80. The number of ether oxygens (including phenoxy) is 2. The fourth-order valence-electron chi connectivity index (χ4n) is 1.45. The molecule has 0 saturated heterocycles. The molecule has 0 spiro atoms. The van der Waals surface area contributed by atoms with E-state index < -0.39 is 5.97 Å². The van der Waals surface area contributed by atoms with Gasteiger partial charge in [-0.05, 0) is 31.5 Å². The number of hydrogen-bond acceptors (Lipinski definition) is 4. The normalized spacial score (nSPS) is 11.8. The molecule has 0 aromatic heterocycles. The Morgan fingerprint density at radius 2 is 2.10 bits per heavy atom. The lowest BCUT2D eigenvalue weighted by Crippen LogP contribution is -2.21. The summed E-state index contributed by atoms with van der Waals surface area (Å²) in [6.07, 6.45) is 0.834. The minimum Gasteiger partial charge on any atom is -0.495 e. The van der Waals surface area contributed by atoms with Crippen molar-refractivity contribution in [3.8, 4) is 5.75 Å². The third-order valence-corrected chi connectivity index (χ3v) is 2.80. The Kier molecular flexibility index (Phi) is 5.99. The Hall–Kier alpha value is -2.08. The number of rotatable bonds is 7. The van der Waals surface area contributed by atoms with Gasteiger partial charge in [0.25, 0.3) is 0 Å². The molecule has 0 aliphatic rings. The average Bonchev–Trinajstić information content (AvgIpc) is 2.44. The van der Waals surface area contributed by atoms with Gasteiger partial charge in [-0.2, -0.15) is 0 Å². The molecule has 1 amide bonds. The molecule has 6 heteroatoms. The van der Waals surface area contributed by atoms with Crippen LogP contribution in [0.1, 0.15) is 30.6 Å². The largest absolute Gasteiger partial charge is 0.495 e. The van der Waals surface area contributed by atoms with E-state index in [1.807, 2.05) is 13.8 Å². The van der Waals surface area contributed by atoms with E-state index >= 15 is 0 Å². The van der Waals surface area contributed by atoms with Gasteiger partial charge in [-0.25, -0.2) is 4.79 Å². The summed E-state index contributed by atoms with van der Waals surface area (Å²) >= 11 is 0. The zero-order chi connectivity index (χ0) is 15.1. The zero-order valence-corrected chi connectivity index (χ0v) is 11.8. The second kappa shape index (κ2) is 7.49. The molecule has 2 N–H and O–H groups in total. The van der Waals surface area contributed by atoms with E-state index in [-0.39, 0.29) is 24.2 Å². The van der Waals surface area contributed by atoms with Gasteiger partial charge in [-0.3, -0.25) is 4.79 Å². The quantitative estimate of drug-likeness (QED) is 0.800. The van der Waals surface area contributed by atoms with E-state index in [9.17, 15) is 9.59 Å². The van der Waals surface area contributed by atoms with Crippen LogP contribution in [-0.2, 0) is 9.53 Å². The Morgan fingerprint density at radius 3 is 2.65 bits per heavy atom. The van der Waals surface area contributed by atoms with Crippen LogP contribution in [-0.4, -0.2) is 36.8 Å². The van der Waals surface area contributed by atoms with Crippen molar-refractivity contribution in [2.24, 2.45) is 0 Å². The second-order valence-electron chi connectivity index (χ2n) is 4.30. The fourth-order valence-corrected chi connectivity index (χ4v) is 1.45. The van der Waals surface area contributed by atoms with Gasteiger partial charge in [0, 0.05) is 0 Å². The van der Waals surface area contributed by atoms with E-state index in [1.165, 1.54) is 25.3 Å². The SMILES string of the molecule is CCC(C)OCC(=O)Nc1ccc(C(=O)O)cc1OC. The van der Waals surface area contributed by atoms with E-state index in [0.29, 0.717) is 11.4 Å². The first-order valence-electron chi connectivity index (χ1n) is 6.30. The van der Waals surface area contributed by atoms with Gasteiger partial charge in [0.2, 0.25) is 5.91 Å². The van der Waals surface area contributed by atoms with Gasteiger partial charge in [0.05, 0.1) is 24.5 Å². The van der Waals surface area contributed by atoms with Crippen LogP contribution in [0, 0.1) is 0 Å². The van der Waals surface area contributed by atoms with Gasteiger partial charge in [-0.1, -0.05) is 6.92 Å². The maximum atomic E-state index is 11.7. The van der Waals surface area contributed by atoms with E-state index in [4.69, 9.17) is 14.6 Å². The summed E-state index contributed by atoms with van der Waals surface area (Å²) in [6, 6.07) is 4.24. The molecule has 6 nitrogen and oxygen atoms in total. The van der Waals surface area contributed by atoms with Crippen LogP contribution in [0.3, 0.4) is 0 Å². The fraction of sp³-hybridized carbons (Fsp3) is 0.429. The minimum absolute atomic E-state index is 0.0111. The standard InChI is InChI=1S/C14H19NO5/c1-4-9(2)20-8-13(16)15-11-6-5-10(14(17)18)7-12(11)19-3/h5-7,9H,4,8H2,1-3H3,(H,15,16)(H,17,18). The highest BCUT2D eigenvalue weighted by Gasteiger charge is 2.12. The first kappa shape index (κ1) is 16.0. The molecular weight excluding hydrogens is 262 g/mol. The molecule has 0 aliphatic carbocycles. The number of hydrogen-bond donors (Lipinski definition) is 2. The summed E-state index contributed by atoms with van der Waals surface area (Å²) in [7, 11) is 1.41. The lowest BCUT2D eigenvalue weighted by atomic mass is 10.2. The Bertz CT molecular complexity index is 486. The number of amides is 1. The summed E-state index contributed by atoms with van der Waals surface area (Å²) < 4.78 is 10.4. The number of aromatic carboxylic acids is 1. The van der Waals surface area contributed by atoms with Crippen LogP contribution in [0.4, 0.5) is 5.69 Å². The van der Waals surface area contributed by atoms with Crippen molar-refractivity contribution in [1.29, 1.82) is 0 Å². The molecule has 0 radical (unpaired) electrons. The maximum Gasteiger partial charge on any atom is 0.335 e. The van der Waals surface area contributed by atoms with Crippen LogP contribution in [0.15, 0.2) is 18.2 Å². The average molecular weight is 281 g/mol. The highest BCUT2D eigenvalue weighted by molar-refractivity contribution is 5.95. The van der Waals surface area contributed by atoms with Crippen LogP contribution < -0.4 is 10.1 Å². The number of carbonyl (C=O) groups is 2. The number of carboxylic acid groups (broad SMARTS) is 1. The first-order chi connectivity index (χ1) is 9.47. The van der Waals surface area contributed by atoms with Crippen molar-refractivity contribution in [2.75, 3.05) is 19.0 Å². The van der Waals surface area contributed by atoms with Gasteiger partial charge < -0.3 is 19.9 Å². The molecule has 1 aromatic carbocycles. The van der Waals surface area contributed by atoms with Crippen molar-refractivity contribution in [3.05, 3.63) is 23.8 Å². The topological polar surface area (TPSA) is 84.9 Å². The third-order valence-electron chi connectivity index (χ3n) is 2.80. The Morgan fingerprint density at radius 1 is 1.40 bits per heavy atom. The van der Waals surface area contributed by atoms with Gasteiger partial charge in [0.1, 0.15) is 12.4 Å². The van der Waals surface area contributed by atoms with Crippen LogP contribution >= 0.6 is 0 Å². The molecule has 1 atom stereocenters. The molecule has 0 fully saturated rings. The molecule has 20 heavy (non-hydrogen) atoms. The maximum absolute atomic E-state index is 11.7. The summed E-state index contributed by atoms with van der Waals surface area (Å²) in [5.74, 6) is -1.07. The van der Waals surface area contributed by atoms with Crippen molar-refractivity contribution >= 4 is 17.6 Å². The van der Waals surface area contributed by atoms with E-state index in [1.54, 1.807) is 0 Å². The number of anilines is 1. The Balaban J connectivity index is 2.72. The number of methoxy groups -OCH3 is 1. The molecule has 1 unspecified atom stereocenters. The number of carboxylic acids is 1. The number of benzene rings is 1. The summed E-state index contributed by atoms with van der Waals surface area (Å²) in [5, 5.41) is 11.5. The predicted molar refractivity (Wildman–Crippen MR) is 74.3 cm³/mol. The molecule has 0 bridgehead atoms. The highest BCUT2D eigenvalue weighted by atomic mass is 16.5. The number of nitrogens with one attached hydrogen (secondary N) is 1. The molecule has 0 aliphatic heterocycles. The van der Waals surface area contributed by atoms with Gasteiger partial charge >= 0.3 is 5.97 Å². The van der Waals surface area contributed by atoms with Crippen LogP contribution in [0.2, 0.25) is 0 Å². The lowest BCUT2D eigenvalue weighted by Gasteiger charge is -2.13. The smallest absolute Gasteiger partial charge is 0.335 e. The van der Waals surface area contributed by atoms with Gasteiger partial charge in [0.15, 0.2) is 0 Å². The Labute approximate surface area is 117 Å². The zero-order valence-electron chi connectivity index (χ0n) is 11.8. The lowest BCUT2D eigenvalue weighted by molar-refractivity contribution is -0.122. The summed E-state index contributed by atoms with van der Waals surface area (Å²) in [4.78, 5) is 22.6. The molecule has 1 aromatic rings. The molecule has 110 valence electrons. The highest BCUT2D eigenvalue weighted by Crippen LogP contribution is 2.25.